The van der Waals surface area contributed by atoms with E-state index in [9.17, 15) is 9.90 Å². The molecule has 3 aromatic rings. The second kappa shape index (κ2) is 11.3. The van der Waals surface area contributed by atoms with Gasteiger partial charge in [0.15, 0.2) is 0 Å². The Morgan fingerprint density at radius 2 is 1.70 bits per heavy atom. The summed E-state index contributed by atoms with van der Waals surface area (Å²) in [7, 11) is 0. The van der Waals surface area contributed by atoms with Gasteiger partial charge < -0.3 is 16.2 Å². The number of allylic oxidation sites excluding steroid dienone is 3. The maximum Gasteiger partial charge on any atom is 0.237 e. The fourth-order valence-electron chi connectivity index (χ4n) is 3.79. The molecule has 0 aliphatic rings. The van der Waals surface area contributed by atoms with Crippen LogP contribution in [0.3, 0.4) is 0 Å². The van der Waals surface area contributed by atoms with Crippen LogP contribution in [0.1, 0.15) is 42.5 Å². The Morgan fingerprint density at radius 3 is 2.21 bits per heavy atom. The standard InChI is InChI=1S/C27H30N4O2/c1-3-9-20(2)14-15-24(28)26(32)31-25(21-10-5-4-6-11-21)27(33,22-12-7-16-29-18-22)23-13-8-17-30-19-23/h3-13,16-19,24-25,33H,2,14-15,28H2,1H3,(H,31,32)/b9-3-/t24-,25?/m0/s1. The molecule has 0 aliphatic carbocycles. The van der Waals surface area contributed by atoms with Gasteiger partial charge in [0.05, 0.1) is 12.1 Å². The van der Waals surface area contributed by atoms with Gasteiger partial charge >= 0.3 is 0 Å². The van der Waals surface area contributed by atoms with E-state index in [-0.39, 0.29) is 5.91 Å². The third-order valence-corrected chi connectivity index (χ3v) is 5.56. The highest BCUT2D eigenvalue weighted by Gasteiger charge is 2.43. The van der Waals surface area contributed by atoms with Crippen LogP contribution in [-0.2, 0) is 10.4 Å². The molecule has 2 heterocycles. The minimum Gasteiger partial charge on any atom is -0.378 e. The molecule has 0 aliphatic heterocycles. The van der Waals surface area contributed by atoms with Crippen molar-refractivity contribution in [1.82, 2.24) is 15.3 Å². The molecule has 0 spiro atoms. The van der Waals surface area contributed by atoms with Crippen molar-refractivity contribution in [2.24, 2.45) is 5.73 Å². The number of nitrogens with one attached hydrogen (secondary N) is 1. The van der Waals surface area contributed by atoms with Crippen LogP contribution in [0.25, 0.3) is 0 Å². The van der Waals surface area contributed by atoms with Gasteiger partial charge in [-0.2, -0.15) is 0 Å². The number of nitrogens with two attached hydrogens (primary N) is 1. The van der Waals surface area contributed by atoms with Gasteiger partial charge in [-0.3, -0.25) is 14.8 Å². The maximum absolute atomic E-state index is 13.2. The topological polar surface area (TPSA) is 101 Å². The quantitative estimate of drug-likeness (QED) is 0.415. The van der Waals surface area contributed by atoms with E-state index in [0.717, 1.165) is 11.1 Å². The number of nitrogens with zero attached hydrogens (tertiary/aromatic N) is 2. The van der Waals surface area contributed by atoms with Gasteiger partial charge in [0, 0.05) is 35.9 Å². The SMILES string of the molecule is C=C(/C=C\C)CC[C@H](N)C(=O)NC(c1ccccc1)C(O)(c1cccnc1)c1cccnc1. The number of rotatable bonds is 10. The smallest absolute Gasteiger partial charge is 0.237 e. The van der Waals surface area contributed by atoms with Crippen molar-refractivity contribution in [1.29, 1.82) is 0 Å². The third kappa shape index (κ3) is 5.80. The Kier molecular flexibility index (Phi) is 8.24. The lowest BCUT2D eigenvalue weighted by atomic mass is 9.78. The zero-order chi connectivity index (χ0) is 23.7. The number of carbonyl (C=O) groups is 1. The molecule has 6 nitrogen and oxygen atoms in total. The van der Waals surface area contributed by atoms with E-state index in [1.807, 2.05) is 49.4 Å². The summed E-state index contributed by atoms with van der Waals surface area (Å²) in [4.78, 5) is 21.6. The number of hydrogen-bond donors (Lipinski definition) is 3. The fraction of sp³-hybridized carbons (Fsp3) is 0.222. The van der Waals surface area contributed by atoms with Crippen molar-refractivity contribution in [3.8, 4) is 0 Å². The highest BCUT2D eigenvalue weighted by molar-refractivity contribution is 5.82. The summed E-state index contributed by atoms with van der Waals surface area (Å²) in [6.45, 7) is 5.89. The molecule has 1 unspecified atom stereocenters. The van der Waals surface area contributed by atoms with Gasteiger partial charge in [-0.15, -0.1) is 0 Å². The number of pyridine rings is 2. The van der Waals surface area contributed by atoms with E-state index in [2.05, 4.69) is 21.9 Å². The van der Waals surface area contributed by atoms with Crippen LogP contribution in [0, 0.1) is 0 Å². The molecule has 3 rings (SSSR count). The third-order valence-electron chi connectivity index (χ3n) is 5.56. The molecule has 33 heavy (non-hydrogen) atoms. The first kappa shape index (κ1) is 24.0. The predicted octanol–water partition coefficient (Wildman–Crippen LogP) is 3.81. The van der Waals surface area contributed by atoms with E-state index in [0.29, 0.717) is 24.0 Å². The first-order valence-electron chi connectivity index (χ1n) is 10.9. The van der Waals surface area contributed by atoms with E-state index < -0.39 is 17.7 Å². The van der Waals surface area contributed by atoms with Gasteiger partial charge in [-0.1, -0.05) is 66.8 Å². The maximum atomic E-state index is 13.2. The zero-order valence-electron chi connectivity index (χ0n) is 18.8. The minimum absolute atomic E-state index is 0.358. The van der Waals surface area contributed by atoms with Crippen LogP contribution in [0.15, 0.2) is 104 Å². The van der Waals surface area contributed by atoms with E-state index in [1.165, 1.54) is 0 Å². The monoisotopic (exact) mass is 442 g/mol. The highest BCUT2D eigenvalue weighted by atomic mass is 16.3. The highest BCUT2D eigenvalue weighted by Crippen LogP contribution is 2.40. The molecule has 1 amide bonds. The molecule has 0 saturated carbocycles. The zero-order valence-corrected chi connectivity index (χ0v) is 18.8. The number of aromatic nitrogens is 2. The van der Waals surface area contributed by atoms with Gasteiger partial charge in [0.2, 0.25) is 5.91 Å². The minimum atomic E-state index is -1.63. The summed E-state index contributed by atoms with van der Waals surface area (Å²) in [5, 5.41) is 15.2. The van der Waals surface area contributed by atoms with Gasteiger partial charge in [-0.05, 0) is 37.5 Å². The molecular formula is C27H30N4O2. The number of carbonyl (C=O) groups excluding carboxylic acids is 1. The second-order valence-corrected chi connectivity index (χ2v) is 7.91. The largest absolute Gasteiger partial charge is 0.378 e. The average molecular weight is 443 g/mol. The summed E-state index contributed by atoms with van der Waals surface area (Å²) in [5.41, 5.74) is 7.29. The average Bonchev–Trinajstić information content (AvgIpc) is 2.87. The van der Waals surface area contributed by atoms with E-state index in [4.69, 9.17) is 5.73 Å². The number of benzene rings is 1. The normalized spacial score (nSPS) is 13.4. The van der Waals surface area contributed by atoms with Gasteiger partial charge in [-0.25, -0.2) is 0 Å². The summed E-state index contributed by atoms with van der Waals surface area (Å²) < 4.78 is 0. The van der Waals surface area contributed by atoms with E-state index >= 15 is 0 Å². The molecule has 6 heteroatoms. The predicted molar refractivity (Wildman–Crippen MR) is 130 cm³/mol. The lowest BCUT2D eigenvalue weighted by Gasteiger charge is -2.38. The van der Waals surface area contributed by atoms with Crippen molar-refractivity contribution in [2.75, 3.05) is 0 Å². The van der Waals surface area contributed by atoms with Crippen LogP contribution < -0.4 is 11.1 Å². The van der Waals surface area contributed by atoms with Crippen molar-refractivity contribution in [3.63, 3.8) is 0 Å². The Hall–Kier alpha value is -3.61. The van der Waals surface area contributed by atoms with Crippen molar-refractivity contribution < 1.29 is 9.90 Å². The van der Waals surface area contributed by atoms with Crippen LogP contribution in [0.4, 0.5) is 0 Å². The summed E-state index contributed by atoms with van der Waals surface area (Å²) >= 11 is 0. The fourth-order valence-corrected chi connectivity index (χ4v) is 3.79. The van der Waals surface area contributed by atoms with Crippen LogP contribution in [-0.4, -0.2) is 27.0 Å². The van der Waals surface area contributed by atoms with E-state index in [1.54, 1.807) is 49.1 Å². The summed E-state index contributed by atoms with van der Waals surface area (Å²) in [5.74, 6) is -0.358. The molecule has 2 aromatic heterocycles. The lowest BCUT2D eigenvalue weighted by molar-refractivity contribution is -0.125. The first-order valence-corrected chi connectivity index (χ1v) is 10.9. The van der Waals surface area contributed by atoms with Crippen molar-refractivity contribution in [2.45, 2.75) is 37.5 Å². The molecule has 0 bridgehead atoms. The summed E-state index contributed by atoms with van der Waals surface area (Å²) in [6, 6.07) is 14.8. The Balaban J connectivity index is 2.00. The molecule has 0 fully saturated rings. The van der Waals surface area contributed by atoms with Crippen LogP contribution in [0.2, 0.25) is 0 Å². The number of aliphatic hydroxyl groups is 1. The molecular weight excluding hydrogens is 412 g/mol. The first-order chi connectivity index (χ1) is 16.0. The molecule has 1 aromatic carbocycles. The Morgan fingerprint density at radius 1 is 1.09 bits per heavy atom. The van der Waals surface area contributed by atoms with Crippen LogP contribution in [0.5, 0.6) is 0 Å². The van der Waals surface area contributed by atoms with Gasteiger partial charge in [0.25, 0.3) is 0 Å². The summed E-state index contributed by atoms with van der Waals surface area (Å²) in [6.07, 6.45) is 11.3. The molecule has 170 valence electrons. The molecule has 0 radical (unpaired) electrons. The van der Waals surface area contributed by atoms with Crippen LogP contribution >= 0.6 is 0 Å². The molecule has 4 N–H and O–H groups in total. The number of amides is 1. The lowest BCUT2D eigenvalue weighted by Crippen LogP contribution is -2.49. The number of hydrogen-bond acceptors (Lipinski definition) is 5. The molecule has 0 saturated heterocycles. The van der Waals surface area contributed by atoms with Crippen molar-refractivity contribution >= 4 is 5.91 Å². The Bertz CT molecular complexity index is 1030. The van der Waals surface area contributed by atoms with Crippen molar-refractivity contribution in [3.05, 3.63) is 120 Å². The second-order valence-electron chi connectivity index (χ2n) is 7.91. The molecule has 2 atom stereocenters. The Labute approximate surface area is 194 Å². The van der Waals surface area contributed by atoms with Gasteiger partial charge in [0.1, 0.15) is 5.60 Å².